The SMILES string of the molecule is CC1(C(=O)N2CCN(C(=O)C3CCC(C4CCC5NCCN5N4)CC3)CC2)CCC1. The summed E-state index contributed by atoms with van der Waals surface area (Å²) in [5.41, 5.74) is 3.65. The lowest BCUT2D eigenvalue weighted by Crippen LogP contribution is -2.57. The van der Waals surface area contributed by atoms with E-state index in [4.69, 9.17) is 0 Å². The number of rotatable bonds is 3. The second-order valence-corrected chi connectivity index (χ2v) is 10.6. The summed E-state index contributed by atoms with van der Waals surface area (Å²) in [5, 5.41) is 5.95. The predicted octanol–water partition coefficient (Wildman–Crippen LogP) is 1.55. The predicted molar refractivity (Wildman–Crippen MR) is 115 cm³/mol. The molecule has 5 fully saturated rings. The van der Waals surface area contributed by atoms with Crippen molar-refractivity contribution in [2.24, 2.45) is 17.3 Å². The minimum absolute atomic E-state index is 0.122. The summed E-state index contributed by atoms with van der Waals surface area (Å²) in [6.45, 7) is 7.16. The van der Waals surface area contributed by atoms with E-state index in [1.165, 1.54) is 19.3 Å². The summed E-state index contributed by atoms with van der Waals surface area (Å²) < 4.78 is 0. The van der Waals surface area contributed by atoms with Crippen LogP contribution in [0.4, 0.5) is 0 Å². The number of hydrogen-bond donors (Lipinski definition) is 2. The van der Waals surface area contributed by atoms with Crippen LogP contribution in [0.15, 0.2) is 0 Å². The maximum Gasteiger partial charge on any atom is 0.228 e. The van der Waals surface area contributed by atoms with Gasteiger partial charge in [-0.2, -0.15) is 0 Å². The number of nitrogens with zero attached hydrogens (tertiary/aromatic N) is 3. The minimum atomic E-state index is -0.122. The molecule has 0 spiro atoms. The van der Waals surface area contributed by atoms with Gasteiger partial charge in [0.15, 0.2) is 0 Å². The van der Waals surface area contributed by atoms with E-state index >= 15 is 0 Å². The van der Waals surface area contributed by atoms with Gasteiger partial charge >= 0.3 is 0 Å². The van der Waals surface area contributed by atoms with Crippen LogP contribution in [0.2, 0.25) is 0 Å². The molecule has 3 heterocycles. The zero-order valence-corrected chi connectivity index (χ0v) is 18.6. The molecule has 5 rings (SSSR count). The standard InChI is InChI=1S/C23H39N5O2/c1-23(9-2-10-23)22(30)27-15-13-26(14-16-27)21(29)18-5-3-17(4-6-18)19-7-8-20-24-11-12-28(20)25-19/h17-20,24-25H,2-16H2,1H3. The monoisotopic (exact) mass is 417 g/mol. The first-order valence-electron chi connectivity index (χ1n) is 12.4. The molecule has 168 valence electrons. The van der Waals surface area contributed by atoms with Gasteiger partial charge in [-0.1, -0.05) is 13.3 Å². The Morgan fingerprint density at radius 3 is 2.23 bits per heavy atom. The summed E-state index contributed by atoms with van der Waals surface area (Å²) in [5.74, 6) is 1.55. The molecular formula is C23H39N5O2. The van der Waals surface area contributed by atoms with Gasteiger partial charge in [0.05, 0.1) is 6.17 Å². The van der Waals surface area contributed by atoms with Crippen LogP contribution in [0.3, 0.4) is 0 Å². The van der Waals surface area contributed by atoms with Gasteiger partial charge in [-0.25, -0.2) is 5.01 Å². The molecule has 2 unspecified atom stereocenters. The minimum Gasteiger partial charge on any atom is -0.339 e. The van der Waals surface area contributed by atoms with Crippen LogP contribution < -0.4 is 10.7 Å². The van der Waals surface area contributed by atoms with Gasteiger partial charge < -0.3 is 9.80 Å². The van der Waals surface area contributed by atoms with Crippen molar-refractivity contribution < 1.29 is 9.59 Å². The molecule has 3 aliphatic heterocycles. The van der Waals surface area contributed by atoms with Crippen molar-refractivity contribution in [1.82, 2.24) is 25.6 Å². The highest BCUT2D eigenvalue weighted by molar-refractivity contribution is 5.84. The van der Waals surface area contributed by atoms with Crippen LogP contribution in [0.5, 0.6) is 0 Å². The van der Waals surface area contributed by atoms with Gasteiger partial charge in [0.25, 0.3) is 0 Å². The largest absolute Gasteiger partial charge is 0.339 e. The van der Waals surface area contributed by atoms with Crippen molar-refractivity contribution in [1.29, 1.82) is 0 Å². The maximum absolute atomic E-state index is 13.1. The molecule has 7 nitrogen and oxygen atoms in total. The van der Waals surface area contributed by atoms with Crippen molar-refractivity contribution >= 4 is 11.8 Å². The highest BCUT2D eigenvalue weighted by Gasteiger charge is 2.43. The van der Waals surface area contributed by atoms with Gasteiger partial charge in [-0.05, 0) is 57.3 Å². The van der Waals surface area contributed by atoms with Crippen LogP contribution in [0.25, 0.3) is 0 Å². The highest BCUT2D eigenvalue weighted by atomic mass is 16.2. The molecular weight excluding hydrogens is 378 g/mol. The van der Waals surface area contributed by atoms with Crippen molar-refractivity contribution in [3.63, 3.8) is 0 Å². The van der Waals surface area contributed by atoms with Crippen LogP contribution >= 0.6 is 0 Å². The molecule has 0 aromatic rings. The number of carbonyl (C=O) groups is 2. The average Bonchev–Trinajstić information content (AvgIpc) is 3.24. The zero-order valence-electron chi connectivity index (χ0n) is 18.6. The van der Waals surface area contributed by atoms with E-state index in [0.29, 0.717) is 56.1 Å². The van der Waals surface area contributed by atoms with Crippen LogP contribution in [-0.2, 0) is 9.59 Å². The lowest BCUT2D eigenvalue weighted by molar-refractivity contribution is -0.151. The Balaban J connectivity index is 1.07. The topological polar surface area (TPSA) is 67.9 Å². The normalized spacial score (nSPS) is 36.8. The van der Waals surface area contributed by atoms with E-state index in [0.717, 1.165) is 51.6 Å². The quantitative estimate of drug-likeness (QED) is 0.729. The lowest BCUT2D eigenvalue weighted by atomic mass is 9.69. The third kappa shape index (κ3) is 3.89. The first-order valence-corrected chi connectivity index (χ1v) is 12.4. The fourth-order valence-corrected chi connectivity index (χ4v) is 6.45. The maximum atomic E-state index is 13.1. The Bertz CT molecular complexity index is 650. The average molecular weight is 418 g/mol. The van der Waals surface area contributed by atoms with E-state index in [-0.39, 0.29) is 11.3 Å². The second-order valence-electron chi connectivity index (χ2n) is 10.6. The molecule has 0 radical (unpaired) electrons. The Labute approximate surface area is 180 Å². The van der Waals surface area contributed by atoms with Crippen LogP contribution in [0, 0.1) is 17.3 Å². The first-order chi connectivity index (χ1) is 14.5. The van der Waals surface area contributed by atoms with E-state index in [1.54, 1.807) is 0 Å². The number of nitrogens with one attached hydrogen (secondary N) is 2. The molecule has 0 aromatic carbocycles. The number of piperazine rings is 1. The van der Waals surface area contributed by atoms with Crippen LogP contribution in [0.1, 0.15) is 64.7 Å². The number of fused-ring (bicyclic) bond motifs is 1. The molecule has 0 aromatic heterocycles. The molecule has 0 bridgehead atoms. The molecule has 5 aliphatic rings. The summed E-state index contributed by atoms with van der Waals surface area (Å²) in [4.78, 5) is 29.9. The number of amides is 2. The van der Waals surface area contributed by atoms with Gasteiger partial charge in [-0.3, -0.25) is 20.3 Å². The summed E-state index contributed by atoms with van der Waals surface area (Å²) in [6.07, 6.45) is 10.6. The van der Waals surface area contributed by atoms with Crippen molar-refractivity contribution in [2.45, 2.75) is 76.9 Å². The van der Waals surface area contributed by atoms with Crippen molar-refractivity contribution in [3.05, 3.63) is 0 Å². The fraction of sp³-hybridized carbons (Fsp3) is 0.913. The molecule has 2 saturated carbocycles. The fourth-order valence-electron chi connectivity index (χ4n) is 6.45. The summed E-state index contributed by atoms with van der Waals surface area (Å²) >= 11 is 0. The van der Waals surface area contributed by atoms with Crippen molar-refractivity contribution in [2.75, 3.05) is 39.3 Å². The van der Waals surface area contributed by atoms with E-state index in [9.17, 15) is 9.59 Å². The number of hydrazine groups is 1. The van der Waals surface area contributed by atoms with Gasteiger partial charge in [0.2, 0.25) is 11.8 Å². The Kier molecular flexibility index (Phi) is 5.80. The third-order valence-electron chi connectivity index (χ3n) is 8.73. The summed E-state index contributed by atoms with van der Waals surface area (Å²) in [7, 11) is 0. The van der Waals surface area contributed by atoms with E-state index in [1.807, 2.05) is 9.80 Å². The molecule has 2 atom stereocenters. The van der Waals surface area contributed by atoms with Crippen molar-refractivity contribution in [3.8, 4) is 0 Å². The lowest BCUT2D eigenvalue weighted by Gasteiger charge is -2.44. The molecule has 2 aliphatic carbocycles. The van der Waals surface area contributed by atoms with E-state index < -0.39 is 0 Å². The molecule has 7 heteroatoms. The van der Waals surface area contributed by atoms with E-state index in [2.05, 4.69) is 22.7 Å². The molecule has 3 saturated heterocycles. The summed E-state index contributed by atoms with van der Waals surface area (Å²) in [6, 6.07) is 0.583. The number of hydrogen-bond acceptors (Lipinski definition) is 5. The highest BCUT2D eigenvalue weighted by Crippen LogP contribution is 2.42. The Morgan fingerprint density at radius 2 is 1.57 bits per heavy atom. The Hall–Kier alpha value is -1.18. The molecule has 2 amide bonds. The second kappa shape index (κ2) is 8.40. The Morgan fingerprint density at radius 1 is 0.867 bits per heavy atom. The van der Waals surface area contributed by atoms with Gasteiger partial charge in [0.1, 0.15) is 0 Å². The van der Waals surface area contributed by atoms with Crippen LogP contribution in [-0.4, -0.2) is 78.1 Å². The zero-order chi connectivity index (χ0) is 20.7. The molecule has 30 heavy (non-hydrogen) atoms. The number of carbonyl (C=O) groups excluding carboxylic acids is 2. The van der Waals surface area contributed by atoms with Gasteiger partial charge in [0, 0.05) is 56.6 Å². The van der Waals surface area contributed by atoms with Gasteiger partial charge in [-0.15, -0.1) is 0 Å². The smallest absolute Gasteiger partial charge is 0.228 e. The third-order valence-corrected chi connectivity index (χ3v) is 8.73. The molecule has 2 N–H and O–H groups in total. The first kappa shape index (κ1) is 20.7.